The van der Waals surface area contributed by atoms with E-state index in [1.54, 1.807) is 41.2 Å². The lowest BCUT2D eigenvalue weighted by atomic mass is 10.1. The summed E-state index contributed by atoms with van der Waals surface area (Å²) >= 11 is 0. The van der Waals surface area contributed by atoms with Crippen LogP contribution in [0, 0.1) is 6.92 Å². The highest BCUT2D eigenvalue weighted by Crippen LogP contribution is 2.28. The van der Waals surface area contributed by atoms with Crippen LogP contribution in [0.5, 0.6) is 5.75 Å². The average molecular weight is 500 g/mol. The molecule has 9 heteroatoms. The highest BCUT2D eigenvalue weighted by atomic mass is 32.2. The summed E-state index contributed by atoms with van der Waals surface area (Å²) in [5.41, 5.74) is 2.05. The number of carbonyl (C=O) groups excluding carboxylic acids is 2. The fourth-order valence-corrected chi connectivity index (χ4v) is 6.36. The second-order valence-corrected chi connectivity index (χ2v) is 11.0. The second kappa shape index (κ2) is 10.8. The Bertz CT molecular complexity index is 1140. The van der Waals surface area contributed by atoms with Crippen LogP contribution < -0.4 is 4.74 Å². The van der Waals surface area contributed by atoms with Crippen LogP contribution in [-0.2, 0) is 26.0 Å². The SMILES string of the molecule is COc1ccc(CCC(=O)N2CCN(C(=O)[C@@H]3CCCN3S(=O)(=O)c3ccc(C)cc3)CC2)cc1. The van der Waals surface area contributed by atoms with Gasteiger partial charge in [-0.05, 0) is 56.0 Å². The number of aryl methyl sites for hydroxylation is 2. The molecule has 1 atom stereocenters. The van der Waals surface area contributed by atoms with Gasteiger partial charge >= 0.3 is 0 Å². The Kier molecular flexibility index (Phi) is 7.76. The zero-order valence-corrected chi connectivity index (χ0v) is 21.2. The van der Waals surface area contributed by atoms with Gasteiger partial charge in [0.2, 0.25) is 21.8 Å². The molecule has 0 spiro atoms. The smallest absolute Gasteiger partial charge is 0.243 e. The number of carbonyl (C=O) groups is 2. The minimum absolute atomic E-state index is 0.0670. The van der Waals surface area contributed by atoms with Gasteiger partial charge in [0.25, 0.3) is 0 Å². The summed E-state index contributed by atoms with van der Waals surface area (Å²) in [5.74, 6) is 0.689. The van der Waals surface area contributed by atoms with Crippen LogP contribution >= 0.6 is 0 Å². The Balaban J connectivity index is 1.31. The van der Waals surface area contributed by atoms with Crippen LogP contribution in [0.3, 0.4) is 0 Å². The largest absolute Gasteiger partial charge is 0.497 e. The van der Waals surface area contributed by atoms with Crippen LogP contribution in [0.25, 0.3) is 0 Å². The Morgan fingerprint density at radius 2 is 1.54 bits per heavy atom. The average Bonchev–Trinajstić information content (AvgIpc) is 3.38. The zero-order valence-electron chi connectivity index (χ0n) is 20.4. The van der Waals surface area contributed by atoms with Crippen molar-refractivity contribution in [3.05, 3.63) is 59.7 Å². The van der Waals surface area contributed by atoms with E-state index in [1.807, 2.05) is 31.2 Å². The lowest BCUT2D eigenvalue weighted by Crippen LogP contribution is -2.55. The summed E-state index contributed by atoms with van der Waals surface area (Å²) in [6, 6.07) is 13.7. The molecule has 2 saturated heterocycles. The van der Waals surface area contributed by atoms with Crippen molar-refractivity contribution in [2.75, 3.05) is 39.8 Å². The maximum atomic E-state index is 13.3. The predicted octanol–water partition coefficient (Wildman–Crippen LogP) is 2.46. The van der Waals surface area contributed by atoms with Crippen LogP contribution in [0.15, 0.2) is 53.4 Å². The molecule has 0 radical (unpaired) electrons. The van der Waals surface area contributed by atoms with Gasteiger partial charge in [-0.1, -0.05) is 29.8 Å². The minimum Gasteiger partial charge on any atom is -0.497 e. The first-order valence-electron chi connectivity index (χ1n) is 12.1. The van der Waals surface area contributed by atoms with Gasteiger partial charge < -0.3 is 14.5 Å². The van der Waals surface area contributed by atoms with Crippen molar-refractivity contribution in [2.24, 2.45) is 0 Å². The number of nitrogens with zero attached hydrogens (tertiary/aromatic N) is 3. The Morgan fingerprint density at radius 1 is 0.914 bits per heavy atom. The third-order valence-electron chi connectivity index (χ3n) is 6.85. The second-order valence-electron chi connectivity index (χ2n) is 9.14. The van der Waals surface area contributed by atoms with E-state index < -0.39 is 16.1 Å². The number of sulfonamides is 1. The number of hydrogen-bond acceptors (Lipinski definition) is 5. The van der Waals surface area contributed by atoms with Crippen molar-refractivity contribution in [1.82, 2.24) is 14.1 Å². The van der Waals surface area contributed by atoms with E-state index in [2.05, 4.69) is 0 Å². The van der Waals surface area contributed by atoms with E-state index in [0.717, 1.165) is 16.9 Å². The first kappa shape index (κ1) is 25.2. The molecule has 188 valence electrons. The molecule has 2 aliphatic rings. The maximum absolute atomic E-state index is 13.3. The fraction of sp³-hybridized carbons (Fsp3) is 0.462. The van der Waals surface area contributed by atoms with Crippen molar-refractivity contribution < 1.29 is 22.7 Å². The lowest BCUT2D eigenvalue weighted by molar-refractivity contribution is -0.141. The van der Waals surface area contributed by atoms with E-state index in [-0.39, 0.29) is 16.7 Å². The van der Waals surface area contributed by atoms with E-state index in [4.69, 9.17) is 4.74 Å². The van der Waals surface area contributed by atoms with Gasteiger partial charge in [-0.3, -0.25) is 9.59 Å². The monoisotopic (exact) mass is 499 g/mol. The number of methoxy groups -OCH3 is 1. The maximum Gasteiger partial charge on any atom is 0.243 e. The summed E-state index contributed by atoms with van der Waals surface area (Å²) < 4.78 is 32.9. The molecule has 2 aliphatic heterocycles. The van der Waals surface area contributed by atoms with Crippen molar-refractivity contribution in [1.29, 1.82) is 0 Å². The van der Waals surface area contributed by atoms with Gasteiger partial charge in [-0.2, -0.15) is 4.31 Å². The topological polar surface area (TPSA) is 87.2 Å². The molecule has 2 aromatic carbocycles. The third-order valence-corrected chi connectivity index (χ3v) is 8.77. The summed E-state index contributed by atoms with van der Waals surface area (Å²) in [6.07, 6.45) is 2.23. The van der Waals surface area contributed by atoms with Crippen LogP contribution in [-0.4, -0.2) is 80.2 Å². The number of hydrogen-bond donors (Lipinski definition) is 0. The predicted molar refractivity (Wildman–Crippen MR) is 133 cm³/mol. The van der Waals surface area contributed by atoms with Gasteiger partial charge in [0.05, 0.1) is 12.0 Å². The van der Waals surface area contributed by atoms with Crippen molar-refractivity contribution in [2.45, 2.75) is 43.5 Å². The quantitative estimate of drug-likeness (QED) is 0.584. The van der Waals surface area contributed by atoms with Crippen LogP contribution in [0.1, 0.15) is 30.4 Å². The molecule has 4 rings (SSSR count). The number of benzene rings is 2. The summed E-state index contributed by atoms with van der Waals surface area (Å²) in [5, 5.41) is 0. The standard InChI is InChI=1S/C26H33N3O5S/c1-20-5-12-23(13-6-20)35(32,33)29-15-3-4-24(29)26(31)28-18-16-27(17-19-28)25(30)14-9-21-7-10-22(34-2)11-8-21/h5-8,10-13,24H,3-4,9,14-19H2,1-2H3/t24-/m0/s1. The van der Waals surface area contributed by atoms with Gasteiger partial charge in [-0.25, -0.2) is 8.42 Å². The third kappa shape index (κ3) is 5.67. The molecule has 0 N–H and O–H groups in total. The van der Waals surface area contributed by atoms with Gasteiger partial charge in [-0.15, -0.1) is 0 Å². The first-order valence-corrected chi connectivity index (χ1v) is 13.5. The van der Waals surface area contributed by atoms with E-state index in [1.165, 1.54) is 4.31 Å². The van der Waals surface area contributed by atoms with Crippen LogP contribution in [0.4, 0.5) is 0 Å². The lowest BCUT2D eigenvalue weighted by Gasteiger charge is -2.37. The molecule has 35 heavy (non-hydrogen) atoms. The van der Waals surface area contributed by atoms with E-state index >= 15 is 0 Å². The summed E-state index contributed by atoms with van der Waals surface area (Å²) in [7, 11) is -2.12. The number of piperazine rings is 1. The molecule has 0 aliphatic carbocycles. The van der Waals surface area contributed by atoms with Gasteiger partial charge in [0.15, 0.2) is 0 Å². The number of ether oxygens (including phenoxy) is 1. The van der Waals surface area contributed by atoms with Gasteiger partial charge in [0, 0.05) is 39.1 Å². The van der Waals surface area contributed by atoms with Crippen molar-refractivity contribution >= 4 is 21.8 Å². The van der Waals surface area contributed by atoms with Crippen molar-refractivity contribution in [3.8, 4) is 5.75 Å². The Labute approximate surface area is 207 Å². The van der Waals surface area contributed by atoms with E-state index in [0.29, 0.717) is 58.4 Å². The molecular weight excluding hydrogens is 466 g/mol. The normalized spacial score (nSPS) is 19.1. The molecule has 2 aromatic rings. The molecule has 2 heterocycles. The molecular formula is C26H33N3O5S. The molecule has 2 amide bonds. The molecule has 0 saturated carbocycles. The zero-order chi connectivity index (χ0) is 25.0. The Hall–Kier alpha value is -2.91. The Morgan fingerprint density at radius 3 is 2.17 bits per heavy atom. The number of rotatable bonds is 7. The highest BCUT2D eigenvalue weighted by Gasteiger charge is 2.41. The molecule has 0 bridgehead atoms. The fourth-order valence-electron chi connectivity index (χ4n) is 4.71. The molecule has 0 aromatic heterocycles. The van der Waals surface area contributed by atoms with Gasteiger partial charge in [0.1, 0.15) is 11.8 Å². The van der Waals surface area contributed by atoms with E-state index in [9.17, 15) is 18.0 Å². The minimum atomic E-state index is -3.74. The number of amides is 2. The summed E-state index contributed by atoms with van der Waals surface area (Å²) in [4.78, 5) is 29.7. The first-order chi connectivity index (χ1) is 16.8. The highest BCUT2D eigenvalue weighted by molar-refractivity contribution is 7.89. The molecule has 0 unspecified atom stereocenters. The van der Waals surface area contributed by atoms with Crippen LogP contribution in [0.2, 0.25) is 0 Å². The summed E-state index contributed by atoms with van der Waals surface area (Å²) in [6.45, 7) is 4.01. The van der Waals surface area contributed by atoms with Crippen molar-refractivity contribution in [3.63, 3.8) is 0 Å². The molecule has 2 fully saturated rings. The molecule has 8 nitrogen and oxygen atoms in total.